The number of amides is 2. The lowest BCUT2D eigenvalue weighted by molar-refractivity contribution is 0.244. The summed E-state index contributed by atoms with van der Waals surface area (Å²) in [5, 5.41) is 7.93. The third-order valence-corrected chi connectivity index (χ3v) is 6.44. The Labute approximate surface area is 209 Å². The van der Waals surface area contributed by atoms with E-state index in [-0.39, 0.29) is 6.03 Å². The number of carbonyl (C=O) groups is 1. The second-order valence-corrected chi connectivity index (χ2v) is 9.02. The zero-order valence-electron chi connectivity index (χ0n) is 19.7. The number of hydrogen-bond donors (Lipinski definition) is 1. The van der Waals surface area contributed by atoms with Crippen molar-refractivity contribution in [1.29, 1.82) is 0 Å². The third-order valence-electron chi connectivity index (χ3n) is 6.21. The van der Waals surface area contributed by atoms with Crippen LogP contribution in [0.4, 0.5) is 10.5 Å². The summed E-state index contributed by atoms with van der Waals surface area (Å²) in [6.07, 6.45) is 0.936. The van der Waals surface area contributed by atoms with Gasteiger partial charge in [-0.2, -0.15) is 4.98 Å². The molecule has 1 aliphatic rings. The normalized spacial score (nSPS) is 15.9. The van der Waals surface area contributed by atoms with Crippen molar-refractivity contribution in [2.45, 2.75) is 33.2 Å². The molecule has 1 unspecified atom stereocenters. The molecular weight excluding hydrogens is 460 g/mol. The van der Waals surface area contributed by atoms with Crippen molar-refractivity contribution < 1.29 is 9.32 Å². The number of nitrogens with one attached hydrogen (secondary N) is 1. The number of rotatable bonds is 5. The first-order chi connectivity index (χ1) is 16.9. The van der Waals surface area contributed by atoms with E-state index >= 15 is 0 Å². The maximum atomic E-state index is 13.3. The smallest absolute Gasteiger partial charge is 0.326 e. The lowest BCUT2D eigenvalue weighted by Gasteiger charge is -2.35. The molecule has 0 aliphatic carbocycles. The quantitative estimate of drug-likeness (QED) is 0.332. The number of aromatic nitrogens is 2. The van der Waals surface area contributed by atoms with Crippen LogP contribution in [0.1, 0.15) is 42.5 Å². The van der Waals surface area contributed by atoms with Crippen molar-refractivity contribution in [3.05, 3.63) is 106 Å². The molecule has 0 fully saturated rings. The first-order valence-electron chi connectivity index (χ1n) is 11.5. The molecule has 0 saturated carbocycles. The summed E-state index contributed by atoms with van der Waals surface area (Å²) < 4.78 is 5.79. The molecule has 0 spiro atoms. The molecule has 1 aromatic heterocycles. The van der Waals surface area contributed by atoms with Gasteiger partial charge >= 0.3 is 6.03 Å². The van der Waals surface area contributed by atoms with E-state index in [1.54, 1.807) is 17.0 Å². The molecule has 5 rings (SSSR count). The lowest BCUT2D eigenvalue weighted by Crippen LogP contribution is -2.46. The minimum atomic E-state index is -0.449. The number of urea groups is 1. The van der Waals surface area contributed by atoms with Crippen LogP contribution in [0.2, 0.25) is 5.02 Å². The van der Waals surface area contributed by atoms with E-state index in [0.717, 1.165) is 28.7 Å². The van der Waals surface area contributed by atoms with E-state index in [0.29, 0.717) is 28.1 Å². The molecule has 176 valence electrons. The number of nitrogens with zero attached hydrogens (tertiary/aromatic N) is 3. The van der Waals surface area contributed by atoms with Crippen LogP contribution < -0.4 is 10.2 Å². The number of allylic oxidation sites excluding steroid dienone is 1. The second kappa shape index (κ2) is 9.39. The Morgan fingerprint density at radius 3 is 2.51 bits per heavy atom. The Morgan fingerprint density at radius 2 is 1.80 bits per heavy atom. The van der Waals surface area contributed by atoms with Crippen LogP contribution in [0.5, 0.6) is 0 Å². The summed E-state index contributed by atoms with van der Waals surface area (Å²) in [5.41, 5.74) is 6.22. The summed E-state index contributed by atoms with van der Waals surface area (Å²) in [4.78, 5) is 19.7. The van der Waals surface area contributed by atoms with Gasteiger partial charge in [-0.3, -0.25) is 4.90 Å². The number of benzene rings is 3. The zero-order valence-corrected chi connectivity index (χ0v) is 20.5. The van der Waals surface area contributed by atoms with E-state index in [1.807, 2.05) is 62.4 Å². The lowest BCUT2D eigenvalue weighted by atomic mass is 9.93. The highest BCUT2D eigenvalue weighted by molar-refractivity contribution is 6.31. The van der Waals surface area contributed by atoms with Crippen LogP contribution in [-0.4, -0.2) is 16.2 Å². The van der Waals surface area contributed by atoms with Crippen molar-refractivity contribution >= 4 is 28.9 Å². The molecule has 1 N–H and O–H groups in total. The molecule has 1 atom stereocenters. The van der Waals surface area contributed by atoms with Crippen LogP contribution in [0.3, 0.4) is 0 Å². The van der Waals surface area contributed by atoms with Crippen molar-refractivity contribution in [2.75, 3.05) is 4.90 Å². The fourth-order valence-corrected chi connectivity index (χ4v) is 4.56. The molecule has 3 aromatic carbocycles. The van der Waals surface area contributed by atoms with Crippen molar-refractivity contribution in [3.63, 3.8) is 0 Å². The molecule has 0 bridgehead atoms. The molecule has 2 amide bonds. The molecular formula is C28H25ClN4O2. The monoisotopic (exact) mass is 484 g/mol. The Kier molecular flexibility index (Phi) is 6.14. The Balaban J connectivity index is 1.65. The van der Waals surface area contributed by atoms with Crippen LogP contribution in [0, 0.1) is 6.92 Å². The molecule has 0 radical (unpaired) electrons. The van der Waals surface area contributed by atoms with Gasteiger partial charge in [-0.1, -0.05) is 77.8 Å². The van der Waals surface area contributed by atoms with Gasteiger partial charge in [-0.15, -0.1) is 0 Å². The summed E-state index contributed by atoms with van der Waals surface area (Å²) in [7, 11) is 0. The number of anilines is 1. The molecule has 4 aromatic rings. The Hall–Kier alpha value is -3.90. The average Bonchev–Trinajstić information content (AvgIpc) is 3.34. The van der Waals surface area contributed by atoms with Gasteiger partial charge in [0.2, 0.25) is 5.82 Å². The van der Waals surface area contributed by atoms with Crippen molar-refractivity contribution in [3.8, 4) is 11.4 Å². The summed E-state index contributed by atoms with van der Waals surface area (Å²) in [6.45, 7) is 6.02. The first kappa shape index (κ1) is 22.9. The highest BCUT2D eigenvalue weighted by Crippen LogP contribution is 2.39. The van der Waals surface area contributed by atoms with Crippen LogP contribution in [0.15, 0.2) is 83.0 Å². The van der Waals surface area contributed by atoms with Crippen LogP contribution in [-0.2, 0) is 6.42 Å². The van der Waals surface area contributed by atoms with Crippen LogP contribution in [0.25, 0.3) is 17.0 Å². The predicted molar refractivity (Wildman–Crippen MR) is 138 cm³/mol. The maximum Gasteiger partial charge on any atom is 0.326 e. The molecule has 7 heteroatoms. The topological polar surface area (TPSA) is 71.3 Å². The minimum absolute atomic E-state index is 0.253. The SMILES string of the molecule is CCc1ccc(C2NC(=O)N(c3cccc(Cl)c3)C(C)=C2c2nc(-c3cccc(C)c3)no2)cc1. The standard InChI is InChI=1S/C28H25ClN4O2/c1-4-19-11-13-20(14-12-19)25-24(27-31-26(32-35-27)21-8-5-7-17(2)15-21)18(3)33(28(34)30-25)23-10-6-9-22(29)16-23/h5-16,25H,4H2,1-3H3,(H,30,34). The molecule has 0 saturated heterocycles. The van der Waals surface area contributed by atoms with Gasteiger partial charge in [-0.25, -0.2) is 4.79 Å². The van der Waals surface area contributed by atoms with Gasteiger partial charge in [0.15, 0.2) is 0 Å². The number of carbonyl (C=O) groups excluding carboxylic acids is 1. The first-order valence-corrected chi connectivity index (χ1v) is 11.9. The zero-order chi connectivity index (χ0) is 24.5. The number of aryl methyl sites for hydroxylation is 2. The van der Waals surface area contributed by atoms with E-state index in [9.17, 15) is 4.79 Å². The van der Waals surface area contributed by atoms with E-state index in [2.05, 4.69) is 29.5 Å². The highest BCUT2D eigenvalue weighted by Gasteiger charge is 2.36. The molecule has 1 aliphatic heterocycles. The Bertz CT molecular complexity index is 1420. The maximum absolute atomic E-state index is 13.3. The fourth-order valence-electron chi connectivity index (χ4n) is 4.38. The largest absolute Gasteiger partial charge is 0.334 e. The van der Waals surface area contributed by atoms with Crippen LogP contribution >= 0.6 is 11.6 Å². The van der Waals surface area contributed by atoms with Crippen molar-refractivity contribution in [2.24, 2.45) is 0 Å². The Morgan fingerprint density at radius 1 is 1.03 bits per heavy atom. The minimum Gasteiger partial charge on any atom is -0.334 e. The fraction of sp³-hybridized carbons (Fsp3) is 0.179. The van der Waals surface area contributed by atoms with Gasteiger partial charge in [0.1, 0.15) is 0 Å². The predicted octanol–water partition coefficient (Wildman–Crippen LogP) is 6.96. The van der Waals surface area contributed by atoms with Gasteiger partial charge in [0.05, 0.1) is 17.3 Å². The number of halogens is 1. The van der Waals surface area contributed by atoms with Crippen molar-refractivity contribution in [1.82, 2.24) is 15.5 Å². The van der Waals surface area contributed by atoms with Gasteiger partial charge in [0, 0.05) is 16.3 Å². The van der Waals surface area contributed by atoms with E-state index in [1.165, 1.54) is 5.56 Å². The summed E-state index contributed by atoms with van der Waals surface area (Å²) in [6, 6.07) is 22.6. The molecule has 35 heavy (non-hydrogen) atoms. The average molecular weight is 485 g/mol. The number of hydrogen-bond acceptors (Lipinski definition) is 4. The summed E-state index contributed by atoms with van der Waals surface area (Å²) in [5.74, 6) is 0.853. The highest BCUT2D eigenvalue weighted by atomic mass is 35.5. The second-order valence-electron chi connectivity index (χ2n) is 8.58. The molecule has 2 heterocycles. The third kappa shape index (κ3) is 4.45. The van der Waals surface area contributed by atoms with Gasteiger partial charge in [0.25, 0.3) is 5.89 Å². The van der Waals surface area contributed by atoms with Gasteiger partial charge < -0.3 is 9.84 Å². The van der Waals surface area contributed by atoms with E-state index < -0.39 is 6.04 Å². The van der Waals surface area contributed by atoms with E-state index in [4.69, 9.17) is 21.1 Å². The summed E-state index contributed by atoms with van der Waals surface area (Å²) >= 11 is 6.23. The van der Waals surface area contributed by atoms with Gasteiger partial charge in [-0.05, 0) is 55.7 Å². The molecule has 6 nitrogen and oxygen atoms in total.